The SMILES string of the molecule is COC(=O)C1CC2(C1)CC1(CC(N)C1)C2.Cl. The normalized spacial score (nSPS) is 48.6. The summed E-state index contributed by atoms with van der Waals surface area (Å²) in [5, 5.41) is 0. The van der Waals surface area contributed by atoms with Crippen LogP contribution in [0.25, 0.3) is 0 Å². The molecule has 0 aromatic rings. The van der Waals surface area contributed by atoms with Gasteiger partial charge in [-0.2, -0.15) is 0 Å². The lowest BCUT2D eigenvalue weighted by Crippen LogP contribution is -2.62. The molecule has 16 heavy (non-hydrogen) atoms. The summed E-state index contributed by atoms with van der Waals surface area (Å²) in [7, 11) is 1.49. The average Bonchev–Trinajstić information content (AvgIpc) is 2.03. The molecule has 2 spiro atoms. The third-order valence-electron chi connectivity index (χ3n) is 4.78. The Hall–Kier alpha value is -0.280. The molecular formula is C12H20ClNO2. The monoisotopic (exact) mass is 245 g/mol. The van der Waals surface area contributed by atoms with Crippen molar-refractivity contribution in [3.8, 4) is 0 Å². The molecule has 0 bridgehead atoms. The smallest absolute Gasteiger partial charge is 0.308 e. The van der Waals surface area contributed by atoms with E-state index in [4.69, 9.17) is 10.5 Å². The van der Waals surface area contributed by atoms with Crippen molar-refractivity contribution in [1.29, 1.82) is 0 Å². The van der Waals surface area contributed by atoms with Crippen LogP contribution in [0.1, 0.15) is 38.5 Å². The van der Waals surface area contributed by atoms with Gasteiger partial charge in [0.2, 0.25) is 0 Å². The number of esters is 1. The summed E-state index contributed by atoms with van der Waals surface area (Å²) in [6.45, 7) is 0. The Morgan fingerprint density at radius 2 is 1.69 bits per heavy atom. The number of hydrogen-bond donors (Lipinski definition) is 1. The Labute approximate surface area is 103 Å². The van der Waals surface area contributed by atoms with Gasteiger partial charge in [0, 0.05) is 6.04 Å². The molecule has 3 saturated carbocycles. The third-order valence-corrected chi connectivity index (χ3v) is 4.78. The highest BCUT2D eigenvalue weighted by Gasteiger charge is 2.64. The molecule has 92 valence electrons. The van der Waals surface area contributed by atoms with E-state index in [0.29, 0.717) is 16.9 Å². The fourth-order valence-corrected chi connectivity index (χ4v) is 4.49. The van der Waals surface area contributed by atoms with Crippen molar-refractivity contribution in [3.05, 3.63) is 0 Å². The summed E-state index contributed by atoms with van der Waals surface area (Å²) < 4.78 is 4.77. The van der Waals surface area contributed by atoms with Gasteiger partial charge < -0.3 is 10.5 Å². The number of methoxy groups -OCH3 is 1. The van der Waals surface area contributed by atoms with E-state index in [1.165, 1.54) is 32.8 Å². The van der Waals surface area contributed by atoms with E-state index >= 15 is 0 Å². The fourth-order valence-electron chi connectivity index (χ4n) is 4.49. The van der Waals surface area contributed by atoms with Gasteiger partial charge in [0.25, 0.3) is 0 Å². The van der Waals surface area contributed by atoms with Crippen LogP contribution in [0.15, 0.2) is 0 Å². The molecule has 3 aliphatic rings. The summed E-state index contributed by atoms with van der Waals surface area (Å²) >= 11 is 0. The summed E-state index contributed by atoms with van der Waals surface area (Å²) in [6.07, 6.45) is 7.21. The zero-order valence-electron chi connectivity index (χ0n) is 9.70. The van der Waals surface area contributed by atoms with Crippen LogP contribution >= 0.6 is 12.4 Å². The lowest BCUT2D eigenvalue weighted by molar-refractivity contribution is -0.187. The van der Waals surface area contributed by atoms with E-state index in [2.05, 4.69) is 0 Å². The highest BCUT2D eigenvalue weighted by Crippen LogP contribution is 2.71. The number of hydrogen-bond acceptors (Lipinski definition) is 3. The standard InChI is InChI=1S/C12H19NO2.ClH/c1-15-10(14)8-2-11(3-8)6-12(7-11)4-9(13)5-12;/h8-9H,2-7,13H2,1H3;1H. The number of halogens is 1. The van der Waals surface area contributed by atoms with Crippen molar-refractivity contribution in [2.24, 2.45) is 22.5 Å². The third kappa shape index (κ3) is 1.56. The maximum absolute atomic E-state index is 11.3. The largest absolute Gasteiger partial charge is 0.469 e. The first-order valence-corrected chi connectivity index (χ1v) is 5.90. The molecular weight excluding hydrogens is 226 g/mol. The summed E-state index contributed by atoms with van der Waals surface area (Å²) in [5.41, 5.74) is 6.95. The second-order valence-electron chi connectivity index (χ2n) is 6.15. The lowest BCUT2D eigenvalue weighted by Gasteiger charge is -2.68. The van der Waals surface area contributed by atoms with E-state index in [9.17, 15) is 4.79 Å². The van der Waals surface area contributed by atoms with Crippen molar-refractivity contribution < 1.29 is 9.53 Å². The Balaban J connectivity index is 0.000000963. The first-order valence-electron chi connectivity index (χ1n) is 5.90. The van der Waals surface area contributed by atoms with Crippen molar-refractivity contribution in [2.75, 3.05) is 7.11 Å². The Morgan fingerprint density at radius 1 is 1.19 bits per heavy atom. The predicted molar refractivity (Wildman–Crippen MR) is 63.3 cm³/mol. The molecule has 2 N–H and O–H groups in total. The number of rotatable bonds is 1. The maximum Gasteiger partial charge on any atom is 0.308 e. The molecule has 0 radical (unpaired) electrons. The van der Waals surface area contributed by atoms with Gasteiger partial charge in [-0.05, 0) is 49.4 Å². The van der Waals surface area contributed by atoms with Crippen molar-refractivity contribution in [1.82, 2.24) is 0 Å². The number of carbonyl (C=O) groups is 1. The van der Waals surface area contributed by atoms with Crippen LogP contribution in [-0.4, -0.2) is 19.1 Å². The van der Waals surface area contributed by atoms with E-state index in [0.717, 1.165) is 12.8 Å². The topological polar surface area (TPSA) is 52.3 Å². The number of carbonyl (C=O) groups excluding carboxylic acids is 1. The van der Waals surface area contributed by atoms with Gasteiger partial charge in [0.1, 0.15) is 0 Å². The molecule has 0 aromatic heterocycles. The minimum Gasteiger partial charge on any atom is -0.469 e. The van der Waals surface area contributed by atoms with Crippen LogP contribution in [0.2, 0.25) is 0 Å². The van der Waals surface area contributed by atoms with Crippen molar-refractivity contribution in [2.45, 2.75) is 44.6 Å². The molecule has 0 aliphatic heterocycles. The van der Waals surface area contributed by atoms with Crippen molar-refractivity contribution >= 4 is 18.4 Å². The van der Waals surface area contributed by atoms with E-state index in [1.807, 2.05) is 0 Å². The Bertz CT molecular complexity index is 296. The average molecular weight is 246 g/mol. The van der Waals surface area contributed by atoms with Gasteiger partial charge in [-0.3, -0.25) is 4.79 Å². The minimum absolute atomic E-state index is 0. The molecule has 3 fully saturated rings. The Kier molecular flexibility index (Phi) is 2.75. The van der Waals surface area contributed by atoms with Crippen LogP contribution in [-0.2, 0) is 9.53 Å². The highest BCUT2D eigenvalue weighted by molar-refractivity contribution is 5.85. The van der Waals surface area contributed by atoms with Gasteiger partial charge in [-0.25, -0.2) is 0 Å². The minimum atomic E-state index is -0.00751. The molecule has 0 heterocycles. The summed E-state index contributed by atoms with van der Waals surface area (Å²) in [6, 6.07) is 0.457. The fraction of sp³-hybridized carbons (Fsp3) is 0.917. The summed E-state index contributed by atoms with van der Waals surface area (Å²) in [5.74, 6) is 0.188. The molecule has 3 rings (SSSR count). The molecule has 4 heteroatoms. The van der Waals surface area contributed by atoms with Crippen LogP contribution in [0.5, 0.6) is 0 Å². The van der Waals surface area contributed by atoms with Crippen LogP contribution in [0, 0.1) is 16.7 Å². The highest BCUT2D eigenvalue weighted by atomic mass is 35.5. The molecule has 0 aromatic carbocycles. The lowest BCUT2D eigenvalue weighted by atomic mass is 9.37. The van der Waals surface area contributed by atoms with Gasteiger partial charge in [0.05, 0.1) is 13.0 Å². The van der Waals surface area contributed by atoms with E-state index < -0.39 is 0 Å². The van der Waals surface area contributed by atoms with Gasteiger partial charge in [0.15, 0.2) is 0 Å². The molecule has 0 amide bonds. The van der Waals surface area contributed by atoms with Crippen molar-refractivity contribution in [3.63, 3.8) is 0 Å². The van der Waals surface area contributed by atoms with E-state index in [1.54, 1.807) is 0 Å². The number of nitrogens with two attached hydrogens (primary N) is 1. The molecule has 0 saturated heterocycles. The van der Waals surface area contributed by atoms with Crippen LogP contribution in [0.4, 0.5) is 0 Å². The molecule has 3 nitrogen and oxygen atoms in total. The maximum atomic E-state index is 11.3. The first kappa shape index (κ1) is 12.2. The molecule has 0 unspecified atom stereocenters. The Morgan fingerprint density at radius 3 is 2.12 bits per heavy atom. The first-order chi connectivity index (χ1) is 7.06. The summed E-state index contributed by atoms with van der Waals surface area (Å²) in [4.78, 5) is 11.3. The van der Waals surface area contributed by atoms with E-state index in [-0.39, 0.29) is 24.3 Å². The predicted octanol–water partition coefficient (Wildman–Crippen LogP) is 1.88. The molecule has 3 aliphatic carbocycles. The zero-order chi connectivity index (χ0) is 10.7. The second kappa shape index (κ2) is 3.61. The van der Waals surface area contributed by atoms with Crippen LogP contribution < -0.4 is 5.73 Å². The second-order valence-corrected chi connectivity index (χ2v) is 6.15. The van der Waals surface area contributed by atoms with Gasteiger partial charge in [-0.1, -0.05) is 0 Å². The molecule has 0 atom stereocenters. The van der Waals surface area contributed by atoms with Gasteiger partial charge >= 0.3 is 5.97 Å². The number of ether oxygens (including phenoxy) is 1. The van der Waals surface area contributed by atoms with Crippen LogP contribution in [0.3, 0.4) is 0 Å². The van der Waals surface area contributed by atoms with Gasteiger partial charge in [-0.15, -0.1) is 12.4 Å². The zero-order valence-corrected chi connectivity index (χ0v) is 10.5. The quantitative estimate of drug-likeness (QED) is 0.718.